The fourth-order valence-electron chi connectivity index (χ4n) is 1.35. The van der Waals surface area contributed by atoms with Crippen LogP contribution >= 0.6 is 34.5 Å². The maximum Gasteiger partial charge on any atom is 0.245 e. The first-order chi connectivity index (χ1) is 7.93. The molecule has 0 saturated carbocycles. The van der Waals surface area contributed by atoms with Gasteiger partial charge in [-0.3, -0.25) is 0 Å². The molecule has 0 fully saturated rings. The van der Waals surface area contributed by atoms with Gasteiger partial charge in [0.1, 0.15) is 9.23 Å². The summed E-state index contributed by atoms with van der Waals surface area (Å²) in [5.41, 5.74) is 0. The molecule has 0 amide bonds. The average Bonchev–Trinajstić information content (AvgIpc) is 2.58. The van der Waals surface area contributed by atoms with E-state index in [9.17, 15) is 8.42 Å². The Morgan fingerprint density at radius 3 is 2.47 bits per heavy atom. The highest BCUT2D eigenvalue weighted by molar-refractivity contribution is 7.89. The van der Waals surface area contributed by atoms with E-state index >= 15 is 0 Å². The third-order valence-corrected chi connectivity index (χ3v) is 5.72. The molecule has 1 heterocycles. The Kier molecular flexibility index (Phi) is 5.69. The van der Waals surface area contributed by atoms with E-state index in [1.54, 1.807) is 0 Å². The van der Waals surface area contributed by atoms with E-state index in [1.165, 1.54) is 10.4 Å². The Morgan fingerprint density at radius 2 is 2.06 bits per heavy atom. The first-order valence-electron chi connectivity index (χ1n) is 4.99. The maximum atomic E-state index is 12.2. The highest BCUT2D eigenvalue weighted by Gasteiger charge is 2.27. The number of sulfonamides is 1. The van der Waals surface area contributed by atoms with Crippen molar-refractivity contribution >= 4 is 44.6 Å². The summed E-state index contributed by atoms with van der Waals surface area (Å²) in [5.74, 6) is 0. The lowest BCUT2D eigenvalue weighted by Crippen LogP contribution is -2.34. The van der Waals surface area contributed by atoms with Gasteiger partial charge in [0.25, 0.3) is 0 Å². The van der Waals surface area contributed by atoms with Crippen molar-refractivity contribution in [1.29, 1.82) is 0 Å². The Hall–Kier alpha value is 0.150. The quantitative estimate of drug-likeness (QED) is 0.876. The molecule has 1 N–H and O–H groups in total. The molecule has 0 unspecified atom stereocenters. The van der Waals surface area contributed by atoms with Crippen LogP contribution in [0.25, 0.3) is 0 Å². The van der Waals surface area contributed by atoms with E-state index < -0.39 is 10.0 Å². The SMILES string of the molecule is CCCN(CCO)S(=O)(=O)c1cc(Cl)sc1Cl. The van der Waals surface area contributed by atoms with Gasteiger partial charge < -0.3 is 5.11 Å². The van der Waals surface area contributed by atoms with Gasteiger partial charge in [-0.2, -0.15) is 4.31 Å². The molecule has 4 nitrogen and oxygen atoms in total. The van der Waals surface area contributed by atoms with Gasteiger partial charge >= 0.3 is 0 Å². The van der Waals surface area contributed by atoms with Crippen molar-refractivity contribution in [2.24, 2.45) is 0 Å². The molecule has 0 atom stereocenters. The average molecular weight is 318 g/mol. The van der Waals surface area contributed by atoms with E-state index in [4.69, 9.17) is 28.3 Å². The number of aliphatic hydroxyl groups excluding tert-OH is 1. The van der Waals surface area contributed by atoms with Crippen molar-refractivity contribution in [2.75, 3.05) is 19.7 Å². The number of nitrogens with zero attached hydrogens (tertiary/aromatic N) is 1. The number of aliphatic hydroxyl groups is 1. The summed E-state index contributed by atoms with van der Waals surface area (Å²) in [6.45, 7) is 2.03. The van der Waals surface area contributed by atoms with Crippen LogP contribution in [0.3, 0.4) is 0 Å². The molecule has 0 aliphatic heterocycles. The van der Waals surface area contributed by atoms with E-state index in [2.05, 4.69) is 0 Å². The molecule has 0 aromatic carbocycles. The van der Waals surface area contributed by atoms with Crippen LogP contribution in [0.4, 0.5) is 0 Å². The molecular formula is C9H13Cl2NO3S2. The second kappa shape index (κ2) is 6.36. The smallest absolute Gasteiger partial charge is 0.245 e. The Morgan fingerprint density at radius 1 is 1.41 bits per heavy atom. The van der Waals surface area contributed by atoms with Gasteiger partial charge in [-0.1, -0.05) is 30.1 Å². The molecule has 0 aliphatic carbocycles. The van der Waals surface area contributed by atoms with E-state index in [0.717, 1.165) is 11.3 Å². The summed E-state index contributed by atoms with van der Waals surface area (Å²) in [7, 11) is -3.67. The van der Waals surface area contributed by atoms with Gasteiger partial charge in [-0.25, -0.2) is 8.42 Å². The fourth-order valence-corrected chi connectivity index (χ4v) is 4.99. The lowest BCUT2D eigenvalue weighted by Gasteiger charge is -2.19. The summed E-state index contributed by atoms with van der Waals surface area (Å²) >= 11 is 12.6. The minimum absolute atomic E-state index is 0.0102. The predicted octanol–water partition coefficient (Wildman–Crippen LogP) is 2.45. The lowest BCUT2D eigenvalue weighted by molar-refractivity contribution is 0.253. The molecule has 1 rings (SSSR count). The van der Waals surface area contributed by atoms with Gasteiger partial charge in [-0.05, 0) is 12.5 Å². The monoisotopic (exact) mass is 317 g/mol. The Labute approximate surface area is 115 Å². The first kappa shape index (κ1) is 15.2. The third kappa shape index (κ3) is 3.56. The zero-order chi connectivity index (χ0) is 13.1. The molecule has 0 bridgehead atoms. The molecule has 17 heavy (non-hydrogen) atoms. The molecule has 0 radical (unpaired) electrons. The largest absolute Gasteiger partial charge is 0.395 e. The van der Waals surface area contributed by atoms with Crippen LogP contribution in [0.1, 0.15) is 13.3 Å². The first-order valence-corrected chi connectivity index (χ1v) is 8.00. The normalized spacial score (nSPS) is 12.3. The summed E-state index contributed by atoms with van der Waals surface area (Å²) in [4.78, 5) is 0.0102. The molecule has 1 aromatic rings. The summed E-state index contributed by atoms with van der Waals surface area (Å²) in [6, 6.07) is 1.34. The zero-order valence-corrected chi connectivity index (χ0v) is 12.3. The predicted molar refractivity (Wildman–Crippen MR) is 70.5 cm³/mol. The molecular weight excluding hydrogens is 305 g/mol. The summed E-state index contributed by atoms with van der Waals surface area (Å²) in [6.07, 6.45) is 0.661. The minimum Gasteiger partial charge on any atom is -0.395 e. The number of thiophene rings is 1. The summed E-state index contributed by atoms with van der Waals surface area (Å²) < 4.78 is 26.1. The van der Waals surface area contributed by atoms with E-state index in [1.807, 2.05) is 6.92 Å². The van der Waals surface area contributed by atoms with Crippen molar-refractivity contribution in [3.05, 3.63) is 14.7 Å². The summed E-state index contributed by atoms with van der Waals surface area (Å²) in [5, 5.41) is 8.89. The van der Waals surface area contributed by atoms with Crippen LogP contribution in [-0.2, 0) is 10.0 Å². The Bertz CT molecular complexity index is 467. The van der Waals surface area contributed by atoms with Gasteiger partial charge in [-0.15, -0.1) is 11.3 Å². The molecule has 0 spiro atoms. The number of hydrogen-bond donors (Lipinski definition) is 1. The minimum atomic E-state index is -3.67. The highest BCUT2D eigenvalue weighted by Crippen LogP contribution is 2.35. The molecule has 0 aliphatic rings. The number of rotatable bonds is 6. The second-order valence-electron chi connectivity index (χ2n) is 3.32. The van der Waals surface area contributed by atoms with Crippen molar-refractivity contribution in [2.45, 2.75) is 18.2 Å². The molecule has 8 heteroatoms. The van der Waals surface area contributed by atoms with Crippen molar-refractivity contribution in [3.8, 4) is 0 Å². The topological polar surface area (TPSA) is 57.6 Å². The van der Waals surface area contributed by atoms with Crippen LogP contribution in [0, 0.1) is 0 Å². The van der Waals surface area contributed by atoms with Crippen LogP contribution in [0.2, 0.25) is 8.67 Å². The van der Waals surface area contributed by atoms with Gasteiger partial charge in [0, 0.05) is 13.1 Å². The van der Waals surface area contributed by atoms with Crippen molar-refractivity contribution in [3.63, 3.8) is 0 Å². The number of hydrogen-bond acceptors (Lipinski definition) is 4. The maximum absolute atomic E-state index is 12.2. The fraction of sp³-hybridized carbons (Fsp3) is 0.556. The molecule has 1 aromatic heterocycles. The van der Waals surface area contributed by atoms with E-state index in [0.29, 0.717) is 17.3 Å². The van der Waals surface area contributed by atoms with Gasteiger partial charge in [0.15, 0.2) is 0 Å². The van der Waals surface area contributed by atoms with Crippen molar-refractivity contribution in [1.82, 2.24) is 4.31 Å². The van der Waals surface area contributed by atoms with Crippen molar-refractivity contribution < 1.29 is 13.5 Å². The van der Waals surface area contributed by atoms with Crippen LogP contribution in [0.5, 0.6) is 0 Å². The molecule has 98 valence electrons. The van der Waals surface area contributed by atoms with Crippen LogP contribution in [0.15, 0.2) is 11.0 Å². The lowest BCUT2D eigenvalue weighted by atomic mass is 10.5. The second-order valence-corrected chi connectivity index (χ2v) is 7.51. The van der Waals surface area contributed by atoms with E-state index in [-0.39, 0.29) is 22.4 Å². The molecule has 0 saturated heterocycles. The van der Waals surface area contributed by atoms with Crippen LogP contribution < -0.4 is 0 Å². The number of halogens is 2. The van der Waals surface area contributed by atoms with Gasteiger partial charge in [0.2, 0.25) is 10.0 Å². The third-order valence-electron chi connectivity index (χ3n) is 2.07. The van der Waals surface area contributed by atoms with Gasteiger partial charge in [0.05, 0.1) is 10.9 Å². The zero-order valence-electron chi connectivity index (χ0n) is 9.19. The standard InChI is InChI=1S/C9H13Cl2NO3S2/c1-2-3-12(4-5-13)17(14,15)7-6-8(10)16-9(7)11/h6,13H,2-5H2,1H3. The Balaban J connectivity index is 3.11. The van der Waals surface area contributed by atoms with Crippen LogP contribution in [-0.4, -0.2) is 37.5 Å². The highest BCUT2D eigenvalue weighted by atomic mass is 35.5.